The van der Waals surface area contributed by atoms with Gasteiger partial charge < -0.3 is 23.7 Å². The summed E-state index contributed by atoms with van der Waals surface area (Å²) in [7, 11) is 0. The average molecular weight is 334 g/mol. The highest BCUT2D eigenvalue weighted by atomic mass is 16.9. The molecule has 130 valence electrons. The van der Waals surface area contributed by atoms with E-state index in [0.717, 1.165) is 0 Å². The molecule has 0 radical (unpaired) electrons. The number of Topliss-reactive ketones (excluding diaryl/α,β-unsaturated/α-hetero) is 1. The molecule has 6 nitrogen and oxygen atoms in total. The number of carbonyl (C=O) groups is 1. The second-order valence-electron chi connectivity index (χ2n) is 7.32. The molecule has 3 aliphatic heterocycles. The Morgan fingerprint density at radius 2 is 1.42 bits per heavy atom. The van der Waals surface area contributed by atoms with Gasteiger partial charge in [0, 0.05) is 5.56 Å². The molecular weight excluding hydrogens is 312 g/mol. The highest BCUT2D eigenvalue weighted by Gasteiger charge is 2.62. The first-order chi connectivity index (χ1) is 11.3. The van der Waals surface area contributed by atoms with E-state index >= 15 is 0 Å². The molecule has 0 spiro atoms. The van der Waals surface area contributed by atoms with Gasteiger partial charge in [0.25, 0.3) is 0 Å². The lowest BCUT2D eigenvalue weighted by Gasteiger charge is -2.36. The van der Waals surface area contributed by atoms with Crippen LogP contribution in [-0.4, -0.2) is 48.1 Å². The topological polar surface area (TPSA) is 63.2 Å². The lowest BCUT2D eigenvalue weighted by atomic mass is 9.93. The summed E-state index contributed by atoms with van der Waals surface area (Å²) in [6, 6.07) is 9.05. The van der Waals surface area contributed by atoms with Crippen molar-refractivity contribution in [1.82, 2.24) is 0 Å². The molecular formula is C18H22O6. The van der Waals surface area contributed by atoms with Crippen LogP contribution in [0.5, 0.6) is 0 Å². The van der Waals surface area contributed by atoms with E-state index in [9.17, 15) is 4.79 Å². The van der Waals surface area contributed by atoms with Crippen molar-refractivity contribution in [2.24, 2.45) is 0 Å². The molecule has 0 bridgehead atoms. The predicted molar refractivity (Wildman–Crippen MR) is 83.3 cm³/mol. The fourth-order valence-electron chi connectivity index (χ4n) is 3.59. The summed E-state index contributed by atoms with van der Waals surface area (Å²) in [4.78, 5) is 12.9. The second-order valence-corrected chi connectivity index (χ2v) is 7.32. The number of rotatable bonds is 2. The Morgan fingerprint density at radius 1 is 0.833 bits per heavy atom. The molecule has 0 unspecified atom stereocenters. The first-order valence-corrected chi connectivity index (χ1v) is 8.22. The molecule has 6 heteroatoms. The molecule has 3 heterocycles. The minimum atomic E-state index is -0.807. The average Bonchev–Trinajstić information content (AvgIpc) is 3.00. The van der Waals surface area contributed by atoms with Crippen LogP contribution in [0.1, 0.15) is 38.1 Å². The number of hydrogen-bond acceptors (Lipinski definition) is 6. The summed E-state index contributed by atoms with van der Waals surface area (Å²) in [6.45, 7) is 7.29. The Bertz CT molecular complexity index is 640. The number of fused-ring (bicyclic) bond motifs is 3. The van der Waals surface area contributed by atoms with E-state index in [1.807, 2.05) is 45.9 Å². The number of benzene rings is 1. The predicted octanol–water partition coefficient (Wildman–Crippen LogP) is 2.27. The smallest absolute Gasteiger partial charge is 0.194 e. The van der Waals surface area contributed by atoms with Crippen LogP contribution in [-0.2, 0) is 23.7 Å². The van der Waals surface area contributed by atoms with Gasteiger partial charge in [-0.15, -0.1) is 0 Å². The van der Waals surface area contributed by atoms with Crippen molar-refractivity contribution >= 4 is 5.78 Å². The summed E-state index contributed by atoms with van der Waals surface area (Å²) < 4.78 is 29.7. The molecule has 0 amide bonds. The van der Waals surface area contributed by atoms with E-state index in [4.69, 9.17) is 23.7 Å². The third-order valence-electron chi connectivity index (χ3n) is 4.47. The van der Waals surface area contributed by atoms with Crippen LogP contribution < -0.4 is 0 Å². The van der Waals surface area contributed by atoms with Crippen molar-refractivity contribution in [3.63, 3.8) is 0 Å². The van der Waals surface area contributed by atoms with Gasteiger partial charge in [-0.05, 0) is 27.7 Å². The number of carbonyl (C=O) groups excluding carboxylic acids is 1. The van der Waals surface area contributed by atoms with Crippen LogP contribution in [0, 0.1) is 0 Å². The quantitative estimate of drug-likeness (QED) is 0.773. The van der Waals surface area contributed by atoms with Crippen LogP contribution in [0.25, 0.3) is 0 Å². The standard InChI is InChI=1S/C18H22O6/c1-17(2)21-13-12(11(19)10-8-6-5-7-9-10)20-16-15(14(13)22-17)23-18(3,4)24-16/h5-9,12-16H,1-4H3/t12-,13+,14-,15+,16-/m0/s1. The van der Waals surface area contributed by atoms with Crippen LogP contribution >= 0.6 is 0 Å². The molecule has 0 N–H and O–H groups in total. The molecule has 3 aliphatic rings. The summed E-state index contributed by atoms with van der Waals surface area (Å²) >= 11 is 0. The van der Waals surface area contributed by atoms with Crippen molar-refractivity contribution in [3.05, 3.63) is 35.9 Å². The lowest BCUT2D eigenvalue weighted by molar-refractivity contribution is -0.221. The van der Waals surface area contributed by atoms with Gasteiger partial charge in [-0.3, -0.25) is 4.79 Å². The summed E-state index contributed by atoms with van der Waals surface area (Å²) in [5, 5.41) is 0. The van der Waals surface area contributed by atoms with Gasteiger partial charge in [0.15, 0.2) is 29.8 Å². The molecule has 24 heavy (non-hydrogen) atoms. The Kier molecular flexibility index (Phi) is 3.60. The highest BCUT2D eigenvalue weighted by Crippen LogP contribution is 2.44. The van der Waals surface area contributed by atoms with Crippen LogP contribution in [0.15, 0.2) is 30.3 Å². The van der Waals surface area contributed by atoms with E-state index in [1.165, 1.54) is 0 Å². The Morgan fingerprint density at radius 3 is 2.12 bits per heavy atom. The first-order valence-electron chi connectivity index (χ1n) is 8.22. The molecule has 4 rings (SSSR count). The van der Waals surface area contributed by atoms with E-state index in [-0.39, 0.29) is 5.78 Å². The third kappa shape index (κ3) is 2.68. The summed E-state index contributed by atoms with van der Waals surface area (Å²) in [6.07, 6.45) is -2.83. The third-order valence-corrected chi connectivity index (χ3v) is 4.47. The summed E-state index contributed by atoms with van der Waals surface area (Å²) in [5.41, 5.74) is 0.575. The maximum atomic E-state index is 12.9. The molecule has 0 aliphatic carbocycles. The maximum Gasteiger partial charge on any atom is 0.194 e. The van der Waals surface area contributed by atoms with E-state index in [1.54, 1.807) is 12.1 Å². The number of ketones is 1. The molecule has 1 aromatic carbocycles. The van der Waals surface area contributed by atoms with Crippen LogP contribution in [0.4, 0.5) is 0 Å². The van der Waals surface area contributed by atoms with Crippen molar-refractivity contribution in [3.8, 4) is 0 Å². The maximum absolute atomic E-state index is 12.9. The van der Waals surface area contributed by atoms with Crippen molar-refractivity contribution < 1.29 is 28.5 Å². The monoisotopic (exact) mass is 334 g/mol. The van der Waals surface area contributed by atoms with Gasteiger partial charge in [-0.25, -0.2) is 0 Å². The number of hydrogen-bond donors (Lipinski definition) is 0. The van der Waals surface area contributed by atoms with Crippen LogP contribution in [0.2, 0.25) is 0 Å². The van der Waals surface area contributed by atoms with Gasteiger partial charge in [-0.1, -0.05) is 30.3 Å². The van der Waals surface area contributed by atoms with Crippen molar-refractivity contribution in [1.29, 1.82) is 0 Å². The molecule has 1 aromatic rings. The first kappa shape index (κ1) is 16.2. The van der Waals surface area contributed by atoms with E-state index in [0.29, 0.717) is 5.56 Å². The molecule has 0 saturated carbocycles. The molecule has 3 fully saturated rings. The van der Waals surface area contributed by atoms with Crippen molar-refractivity contribution in [2.75, 3.05) is 0 Å². The largest absolute Gasteiger partial charge is 0.342 e. The Hall–Kier alpha value is -1.31. The van der Waals surface area contributed by atoms with Gasteiger partial charge in [0.2, 0.25) is 0 Å². The zero-order chi connectivity index (χ0) is 17.1. The van der Waals surface area contributed by atoms with Gasteiger partial charge in [0.1, 0.15) is 18.3 Å². The van der Waals surface area contributed by atoms with Crippen molar-refractivity contribution in [2.45, 2.75) is 70.0 Å². The van der Waals surface area contributed by atoms with Gasteiger partial charge >= 0.3 is 0 Å². The second kappa shape index (κ2) is 5.34. The molecule has 3 saturated heterocycles. The zero-order valence-corrected chi connectivity index (χ0v) is 14.2. The van der Waals surface area contributed by atoms with Gasteiger partial charge in [0.05, 0.1) is 0 Å². The Balaban J connectivity index is 1.67. The summed E-state index contributed by atoms with van der Waals surface area (Å²) in [5.74, 6) is -1.74. The zero-order valence-electron chi connectivity index (χ0n) is 14.2. The molecule has 0 aromatic heterocycles. The van der Waals surface area contributed by atoms with E-state index < -0.39 is 42.3 Å². The fourth-order valence-corrected chi connectivity index (χ4v) is 3.59. The Labute approximate surface area is 141 Å². The molecule has 5 atom stereocenters. The van der Waals surface area contributed by atoms with E-state index in [2.05, 4.69) is 0 Å². The number of ether oxygens (including phenoxy) is 5. The minimum Gasteiger partial charge on any atom is -0.342 e. The normalized spacial score (nSPS) is 39.2. The minimum absolute atomic E-state index is 0.140. The lowest BCUT2D eigenvalue weighted by Crippen LogP contribution is -2.57. The van der Waals surface area contributed by atoms with Crippen LogP contribution in [0.3, 0.4) is 0 Å². The highest BCUT2D eigenvalue weighted by molar-refractivity contribution is 6.00. The fraction of sp³-hybridized carbons (Fsp3) is 0.611. The SMILES string of the molecule is CC1(C)O[C@@H]2O[C@@H](C(=O)c3ccccc3)[C@H]3OC(C)(C)O[C@@H]3[C@H]2O1. The van der Waals surface area contributed by atoms with Gasteiger partial charge in [-0.2, -0.15) is 0 Å².